The number of aromatic nitrogens is 1. The molecule has 1 aromatic heterocycles. The molecule has 0 saturated carbocycles. The lowest BCUT2D eigenvalue weighted by Gasteiger charge is -2.14. The number of nitriles is 1. The zero-order valence-electron chi connectivity index (χ0n) is 9.92. The summed E-state index contributed by atoms with van der Waals surface area (Å²) >= 11 is 0. The maximum absolute atomic E-state index is 11.7. The van der Waals surface area contributed by atoms with Crippen LogP contribution in [0.4, 0.5) is 0 Å². The van der Waals surface area contributed by atoms with Crippen LogP contribution >= 0.6 is 0 Å². The number of oxazole rings is 1. The van der Waals surface area contributed by atoms with Crippen molar-refractivity contribution in [2.24, 2.45) is 5.41 Å². The van der Waals surface area contributed by atoms with E-state index in [2.05, 4.69) is 16.4 Å². The standard InChI is InChI=1S/C11H15N3O2/c1-7-9(16-8(2)14-7)10(15)13-6-11(3,4)5-12/h6H2,1-4H3,(H,13,15). The van der Waals surface area contributed by atoms with Gasteiger partial charge in [-0.2, -0.15) is 5.26 Å². The summed E-state index contributed by atoms with van der Waals surface area (Å²) in [6.07, 6.45) is 0. The summed E-state index contributed by atoms with van der Waals surface area (Å²) in [5.74, 6) is 0.342. The van der Waals surface area contributed by atoms with Gasteiger partial charge in [0.15, 0.2) is 5.89 Å². The normalized spacial score (nSPS) is 10.9. The largest absolute Gasteiger partial charge is 0.436 e. The first-order chi connectivity index (χ1) is 7.35. The van der Waals surface area contributed by atoms with Crippen LogP contribution in [0.15, 0.2) is 4.42 Å². The topological polar surface area (TPSA) is 78.9 Å². The van der Waals surface area contributed by atoms with E-state index in [0.717, 1.165) is 0 Å². The first-order valence-electron chi connectivity index (χ1n) is 4.99. The van der Waals surface area contributed by atoms with Gasteiger partial charge in [-0.05, 0) is 20.8 Å². The molecule has 5 heteroatoms. The molecule has 0 aliphatic heterocycles. The Balaban J connectivity index is 2.68. The van der Waals surface area contributed by atoms with Gasteiger partial charge >= 0.3 is 0 Å². The van der Waals surface area contributed by atoms with Gasteiger partial charge in [-0.1, -0.05) is 0 Å². The van der Waals surface area contributed by atoms with Crippen LogP contribution in [0.3, 0.4) is 0 Å². The molecular weight excluding hydrogens is 206 g/mol. The third-order valence-corrected chi connectivity index (χ3v) is 2.10. The SMILES string of the molecule is Cc1nc(C)c(C(=O)NCC(C)(C)C#N)o1. The fraction of sp³-hybridized carbons (Fsp3) is 0.545. The third-order valence-electron chi connectivity index (χ3n) is 2.10. The Morgan fingerprint density at radius 3 is 2.62 bits per heavy atom. The zero-order valence-corrected chi connectivity index (χ0v) is 9.92. The first kappa shape index (κ1) is 12.2. The van der Waals surface area contributed by atoms with Crippen molar-refractivity contribution >= 4 is 5.91 Å². The highest BCUT2D eigenvalue weighted by atomic mass is 16.4. The smallest absolute Gasteiger partial charge is 0.289 e. The van der Waals surface area contributed by atoms with Crippen LogP contribution in [0.2, 0.25) is 0 Å². The maximum atomic E-state index is 11.7. The van der Waals surface area contributed by atoms with Crippen molar-refractivity contribution in [3.63, 3.8) is 0 Å². The summed E-state index contributed by atoms with van der Waals surface area (Å²) in [6.45, 7) is 7.18. The summed E-state index contributed by atoms with van der Waals surface area (Å²) in [7, 11) is 0. The van der Waals surface area contributed by atoms with Crippen LogP contribution in [0, 0.1) is 30.6 Å². The van der Waals surface area contributed by atoms with Crippen LogP contribution in [0.25, 0.3) is 0 Å². The average Bonchev–Trinajstić information content (AvgIpc) is 2.54. The minimum atomic E-state index is -0.585. The summed E-state index contributed by atoms with van der Waals surface area (Å²) in [4.78, 5) is 15.7. The molecular formula is C11H15N3O2. The number of nitrogens with zero attached hydrogens (tertiary/aromatic N) is 2. The van der Waals surface area contributed by atoms with E-state index < -0.39 is 5.41 Å². The number of carbonyl (C=O) groups excluding carboxylic acids is 1. The molecule has 1 N–H and O–H groups in total. The first-order valence-corrected chi connectivity index (χ1v) is 4.99. The van der Waals surface area contributed by atoms with E-state index in [4.69, 9.17) is 9.68 Å². The molecule has 0 spiro atoms. The van der Waals surface area contributed by atoms with Crippen LogP contribution in [0.1, 0.15) is 36.0 Å². The fourth-order valence-corrected chi connectivity index (χ4v) is 1.16. The predicted molar refractivity (Wildman–Crippen MR) is 57.7 cm³/mol. The molecule has 86 valence electrons. The summed E-state index contributed by atoms with van der Waals surface area (Å²) < 4.78 is 5.17. The molecule has 0 saturated heterocycles. The molecule has 0 aliphatic rings. The molecule has 0 atom stereocenters. The number of nitrogens with one attached hydrogen (secondary N) is 1. The van der Waals surface area contributed by atoms with Gasteiger partial charge in [-0.15, -0.1) is 0 Å². The van der Waals surface area contributed by atoms with Crippen molar-refractivity contribution in [3.05, 3.63) is 17.3 Å². The van der Waals surface area contributed by atoms with Gasteiger partial charge < -0.3 is 9.73 Å². The Hall–Kier alpha value is -1.83. The molecule has 0 unspecified atom stereocenters. The summed E-state index contributed by atoms with van der Waals surface area (Å²) in [6, 6.07) is 2.11. The van der Waals surface area contributed by atoms with Crippen molar-refractivity contribution < 1.29 is 9.21 Å². The molecule has 1 amide bonds. The Bertz CT molecular complexity index is 441. The van der Waals surface area contributed by atoms with Gasteiger partial charge in [0.25, 0.3) is 5.91 Å². The minimum absolute atomic E-state index is 0.214. The lowest BCUT2D eigenvalue weighted by molar-refractivity contribution is 0.0913. The van der Waals surface area contributed by atoms with Gasteiger partial charge in [0.05, 0.1) is 17.2 Å². The molecule has 0 fully saturated rings. The number of hydrogen-bond donors (Lipinski definition) is 1. The Labute approximate surface area is 94.5 Å². The van der Waals surface area contributed by atoms with Crippen LogP contribution in [-0.2, 0) is 0 Å². The van der Waals surface area contributed by atoms with E-state index in [1.807, 2.05) is 0 Å². The molecule has 0 aliphatic carbocycles. The van der Waals surface area contributed by atoms with Crippen molar-refractivity contribution in [3.8, 4) is 6.07 Å². The molecule has 1 aromatic rings. The second-order valence-electron chi connectivity index (χ2n) is 4.33. The number of rotatable bonds is 3. The van der Waals surface area contributed by atoms with Crippen molar-refractivity contribution in [1.29, 1.82) is 5.26 Å². The lowest BCUT2D eigenvalue weighted by Crippen LogP contribution is -2.33. The van der Waals surface area contributed by atoms with E-state index in [1.165, 1.54) is 0 Å². The van der Waals surface area contributed by atoms with Gasteiger partial charge in [0.2, 0.25) is 5.76 Å². The minimum Gasteiger partial charge on any atom is -0.436 e. The van der Waals surface area contributed by atoms with Gasteiger partial charge in [-0.3, -0.25) is 4.79 Å². The van der Waals surface area contributed by atoms with Crippen LogP contribution in [0.5, 0.6) is 0 Å². The molecule has 16 heavy (non-hydrogen) atoms. The van der Waals surface area contributed by atoms with Crippen molar-refractivity contribution in [2.45, 2.75) is 27.7 Å². The second kappa shape index (κ2) is 4.35. The molecule has 5 nitrogen and oxygen atoms in total. The zero-order chi connectivity index (χ0) is 12.3. The molecule has 0 bridgehead atoms. The highest BCUT2D eigenvalue weighted by molar-refractivity contribution is 5.92. The van der Waals surface area contributed by atoms with E-state index in [0.29, 0.717) is 11.6 Å². The maximum Gasteiger partial charge on any atom is 0.289 e. The second-order valence-corrected chi connectivity index (χ2v) is 4.33. The Morgan fingerprint density at radius 2 is 2.19 bits per heavy atom. The van der Waals surface area contributed by atoms with Gasteiger partial charge in [0, 0.05) is 13.5 Å². The quantitative estimate of drug-likeness (QED) is 0.840. The van der Waals surface area contributed by atoms with Crippen LogP contribution < -0.4 is 5.32 Å². The summed E-state index contributed by atoms with van der Waals surface area (Å²) in [5.41, 5.74) is -0.0247. The highest BCUT2D eigenvalue weighted by Crippen LogP contribution is 2.13. The summed E-state index contributed by atoms with van der Waals surface area (Å²) in [5, 5.41) is 11.4. The predicted octanol–water partition coefficient (Wildman–Crippen LogP) is 1.57. The molecule has 0 radical (unpaired) electrons. The van der Waals surface area contributed by atoms with Crippen molar-refractivity contribution in [2.75, 3.05) is 6.54 Å². The Kier molecular flexibility index (Phi) is 3.33. The number of carbonyl (C=O) groups is 1. The fourth-order valence-electron chi connectivity index (χ4n) is 1.16. The van der Waals surface area contributed by atoms with Gasteiger partial charge in [0.1, 0.15) is 0 Å². The monoisotopic (exact) mass is 221 g/mol. The van der Waals surface area contributed by atoms with E-state index >= 15 is 0 Å². The van der Waals surface area contributed by atoms with E-state index in [-0.39, 0.29) is 18.2 Å². The number of amides is 1. The number of aryl methyl sites for hydroxylation is 2. The Morgan fingerprint density at radius 1 is 1.56 bits per heavy atom. The van der Waals surface area contributed by atoms with Crippen molar-refractivity contribution in [1.82, 2.24) is 10.3 Å². The van der Waals surface area contributed by atoms with Gasteiger partial charge in [-0.25, -0.2) is 4.98 Å². The number of hydrogen-bond acceptors (Lipinski definition) is 4. The molecule has 0 aromatic carbocycles. The average molecular weight is 221 g/mol. The molecule has 1 rings (SSSR count). The van der Waals surface area contributed by atoms with E-state index in [9.17, 15) is 4.79 Å². The third kappa shape index (κ3) is 2.83. The lowest BCUT2D eigenvalue weighted by atomic mass is 9.96. The van der Waals surface area contributed by atoms with E-state index in [1.54, 1.807) is 27.7 Å². The highest BCUT2D eigenvalue weighted by Gasteiger charge is 2.21. The molecule has 1 heterocycles. The van der Waals surface area contributed by atoms with Crippen LogP contribution in [-0.4, -0.2) is 17.4 Å².